The van der Waals surface area contributed by atoms with Crippen LogP contribution in [0.2, 0.25) is 0 Å². The number of carbonyl (C=O) groups excluding carboxylic acids is 2. The molecule has 5 heteroatoms. The Labute approximate surface area is 171 Å². The predicted molar refractivity (Wildman–Crippen MR) is 113 cm³/mol. The van der Waals surface area contributed by atoms with E-state index in [0.717, 1.165) is 16.3 Å². The number of fused-ring (bicyclic) bond motifs is 1. The van der Waals surface area contributed by atoms with Crippen molar-refractivity contribution in [2.45, 2.75) is 46.6 Å². The monoisotopic (exact) mass is 393 g/mol. The molecular weight excluding hydrogens is 366 g/mol. The molecule has 1 aliphatic heterocycles. The molecule has 0 spiro atoms. The van der Waals surface area contributed by atoms with E-state index in [0.29, 0.717) is 22.5 Å². The summed E-state index contributed by atoms with van der Waals surface area (Å²) in [7, 11) is 0. The molecule has 0 radical (unpaired) electrons. The van der Waals surface area contributed by atoms with Crippen LogP contribution in [0.25, 0.3) is 10.8 Å². The van der Waals surface area contributed by atoms with Crippen molar-refractivity contribution in [2.75, 3.05) is 6.61 Å². The maximum atomic E-state index is 13.0. The smallest absolute Gasteiger partial charge is 0.337 e. The van der Waals surface area contributed by atoms with Gasteiger partial charge in [-0.15, -0.1) is 0 Å². The van der Waals surface area contributed by atoms with Crippen LogP contribution in [0, 0.1) is 0 Å². The minimum Gasteiger partial charge on any atom is -0.463 e. The molecule has 3 rings (SSSR count). The highest BCUT2D eigenvalue weighted by atomic mass is 16.5. The Hall–Kier alpha value is -3.08. The molecule has 0 amide bonds. The summed E-state index contributed by atoms with van der Waals surface area (Å²) in [5, 5.41) is 5.30. The Morgan fingerprint density at radius 3 is 2.21 bits per heavy atom. The van der Waals surface area contributed by atoms with Gasteiger partial charge in [-0.3, -0.25) is 0 Å². The fraction of sp³-hybridized carbons (Fsp3) is 0.333. The summed E-state index contributed by atoms with van der Waals surface area (Å²) in [6, 6.07) is 14.0. The molecular formula is C24H27NO4. The number of nitrogens with one attached hydrogen (secondary N) is 1. The first-order valence-electron chi connectivity index (χ1n) is 9.88. The molecule has 2 aromatic carbocycles. The summed E-state index contributed by atoms with van der Waals surface area (Å²) >= 11 is 0. The molecule has 1 unspecified atom stereocenters. The molecule has 1 aliphatic rings. The molecule has 0 fully saturated rings. The standard InChI is InChI=1S/C24H27NO4/c1-6-28-23(26)20-15(4)25-16(5)21(24(27)29-14(2)3)22(20)19-12-11-17-9-7-8-10-18(17)13-19/h7-14,22,25H,6H2,1-5H3. The molecule has 152 valence electrons. The number of hydrogen-bond acceptors (Lipinski definition) is 5. The van der Waals surface area contributed by atoms with Crippen molar-refractivity contribution < 1.29 is 19.1 Å². The topological polar surface area (TPSA) is 64.6 Å². The normalized spacial score (nSPS) is 16.8. The molecule has 1 atom stereocenters. The van der Waals surface area contributed by atoms with Gasteiger partial charge in [0.15, 0.2) is 0 Å². The van der Waals surface area contributed by atoms with Gasteiger partial charge in [0.1, 0.15) is 0 Å². The molecule has 2 aromatic rings. The fourth-order valence-corrected chi connectivity index (χ4v) is 3.74. The van der Waals surface area contributed by atoms with Crippen LogP contribution in [-0.2, 0) is 19.1 Å². The zero-order chi connectivity index (χ0) is 21.1. The van der Waals surface area contributed by atoms with E-state index in [2.05, 4.69) is 5.32 Å². The summed E-state index contributed by atoms with van der Waals surface area (Å²) in [4.78, 5) is 25.9. The molecule has 1 N–H and O–H groups in total. The number of ether oxygens (including phenoxy) is 2. The third-order valence-corrected chi connectivity index (χ3v) is 4.93. The van der Waals surface area contributed by atoms with Gasteiger partial charge in [-0.1, -0.05) is 42.5 Å². The largest absolute Gasteiger partial charge is 0.463 e. The predicted octanol–water partition coefficient (Wildman–Crippen LogP) is 4.59. The Bertz CT molecular complexity index is 1020. The van der Waals surface area contributed by atoms with E-state index in [4.69, 9.17) is 9.47 Å². The van der Waals surface area contributed by atoms with Crippen molar-refractivity contribution >= 4 is 22.7 Å². The second-order valence-electron chi connectivity index (χ2n) is 7.42. The van der Waals surface area contributed by atoms with E-state index < -0.39 is 17.9 Å². The average Bonchev–Trinajstić information content (AvgIpc) is 2.66. The van der Waals surface area contributed by atoms with Gasteiger partial charge in [-0.25, -0.2) is 9.59 Å². The van der Waals surface area contributed by atoms with Gasteiger partial charge in [0.2, 0.25) is 0 Å². The van der Waals surface area contributed by atoms with Crippen LogP contribution in [-0.4, -0.2) is 24.6 Å². The highest BCUT2D eigenvalue weighted by Gasteiger charge is 2.38. The molecule has 0 bridgehead atoms. The highest BCUT2D eigenvalue weighted by Crippen LogP contribution is 2.40. The molecule has 0 aromatic heterocycles. The lowest BCUT2D eigenvalue weighted by atomic mass is 9.80. The van der Waals surface area contributed by atoms with Crippen molar-refractivity contribution in [1.82, 2.24) is 5.32 Å². The lowest BCUT2D eigenvalue weighted by molar-refractivity contribution is -0.143. The maximum absolute atomic E-state index is 13.0. The summed E-state index contributed by atoms with van der Waals surface area (Å²) in [5.41, 5.74) is 3.08. The third-order valence-electron chi connectivity index (χ3n) is 4.93. The highest BCUT2D eigenvalue weighted by molar-refractivity contribution is 6.00. The van der Waals surface area contributed by atoms with Crippen LogP contribution in [0.3, 0.4) is 0 Å². The Morgan fingerprint density at radius 1 is 0.966 bits per heavy atom. The molecule has 0 saturated heterocycles. The molecule has 1 heterocycles. The lowest BCUT2D eigenvalue weighted by Gasteiger charge is -2.31. The van der Waals surface area contributed by atoms with Gasteiger partial charge >= 0.3 is 11.9 Å². The van der Waals surface area contributed by atoms with Crippen molar-refractivity contribution in [1.29, 1.82) is 0 Å². The zero-order valence-electron chi connectivity index (χ0n) is 17.5. The first kappa shape index (κ1) is 20.6. The van der Waals surface area contributed by atoms with Gasteiger partial charge in [0.05, 0.1) is 29.8 Å². The van der Waals surface area contributed by atoms with Crippen molar-refractivity contribution in [3.05, 3.63) is 70.6 Å². The van der Waals surface area contributed by atoms with Crippen LogP contribution in [0.15, 0.2) is 65.0 Å². The molecule has 0 aliphatic carbocycles. The van der Waals surface area contributed by atoms with Crippen LogP contribution < -0.4 is 5.32 Å². The van der Waals surface area contributed by atoms with Gasteiger partial charge in [0, 0.05) is 11.4 Å². The number of benzene rings is 2. The summed E-state index contributed by atoms with van der Waals surface area (Å²) in [5.74, 6) is -1.43. The van der Waals surface area contributed by atoms with Crippen LogP contribution in [0.1, 0.15) is 46.1 Å². The molecule has 5 nitrogen and oxygen atoms in total. The number of esters is 2. The van der Waals surface area contributed by atoms with E-state index in [9.17, 15) is 9.59 Å². The van der Waals surface area contributed by atoms with E-state index in [1.807, 2.05) is 70.2 Å². The number of carbonyl (C=O) groups is 2. The number of dihydropyridines is 1. The SMILES string of the molecule is CCOC(=O)C1=C(C)NC(C)=C(C(=O)OC(C)C)C1c1ccc2ccccc2c1. The van der Waals surface area contributed by atoms with Crippen LogP contribution in [0.5, 0.6) is 0 Å². The number of allylic oxidation sites excluding steroid dienone is 2. The van der Waals surface area contributed by atoms with Crippen molar-refractivity contribution in [2.24, 2.45) is 0 Å². The number of rotatable bonds is 5. The fourth-order valence-electron chi connectivity index (χ4n) is 3.74. The van der Waals surface area contributed by atoms with E-state index in [-0.39, 0.29) is 12.7 Å². The minimum atomic E-state index is -0.564. The molecule has 0 saturated carbocycles. The van der Waals surface area contributed by atoms with Gasteiger partial charge in [0.25, 0.3) is 0 Å². The zero-order valence-corrected chi connectivity index (χ0v) is 17.5. The van der Waals surface area contributed by atoms with E-state index >= 15 is 0 Å². The first-order valence-corrected chi connectivity index (χ1v) is 9.88. The second kappa shape index (κ2) is 8.52. The molecule has 29 heavy (non-hydrogen) atoms. The average molecular weight is 393 g/mol. The van der Waals surface area contributed by atoms with Gasteiger partial charge in [-0.2, -0.15) is 0 Å². The number of hydrogen-bond donors (Lipinski definition) is 1. The Morgan fingerprint density at radius 2 is 1.59 bits per heavy atom. The Kier molecular flexibility index (Phi) is 6.06. The quantitative estimate of drug-likeness (QED) is 0.753. The summed E-state index contributed by atoms with van der Waals surface area (Å²) in [6.07, 6.45) is -0.266. The van der Waals surface area contributed by atoms with Gasteiger partial charge < -0.3 is 14.8 Å². The van der Waals surface area contributed by atoms with E-state index in [1.165, 1.54) is 0 Å². The first-order chi connectivity index (χ1) is 13.8. The van der Waals surface area contributed by atoms with E-state index in [1.54, 1.807) is 6.92 Å². The Balaban J connectivity index is 2.19. The van der Waals surface area contributed by atoms with Gasteiger partial charge in [-0.05, 0) is 51.0 Å². The van der Waals surface area contributed by atoms with Crippen LogP contribution >= 0.6 is 0 Å². The summed E-state index contributed by atoms with van der Waals surface area (Å²) in [6.45, 7) is 9.30. The van der Waals surface area contributed by atoms with Crippen molar-refractivity contribution in [3.8, 4) is 0 Å². The third kappa shape index (κ3) is 4.19. The van der Waals surface area contributed by atoms with Crippen LogP contribution in [0.4, 0.5) is 0 Å². The summed E-state index contributed by atoms with van der Waals surface area (Å²) < 4.78 is 10.8. The van der Waals surface area contributed by atoms with Crippen molar-refractivity contribution in [3.63, 3.8) is 0 Å². The minimum absolute atomic E-state index is 0.258. The maximum Gasteiger partial charge on any atom is 0.337 e. The lowest BCUT2D eigenvalue weighted by Crippen LogP contribution is -2.33. The second-order valence-corrected chi connectivity index (χ2v) is 7.42.